The molecule has 2 atom stereocenters. The number of alkyl halides is 1. The van der Waals surface area contributed by atoms with Crippen molar-refractivity contribution >= 4 is 53.6 Å². The Balaban J connectivity index is 1.34. The van der Waals surface area contributed by atoms with Crippen LogP contribution in [0, 0.1) is 0 Å². The number of carbonyl (C=O) groups excluding carboxylic acids is 6. The number of aromatic nitrogens is 1. The molecule has 1 aliphatic rings. The van der Waals surface area contributed by atoms with E-state index in [2.05, 4.69) is 10.1 Å². The second-order valence-corrected chi connectivity index (χ2v) is 10.1. The summed E-state index contributed by atoms with van der Waals surface area (Å²) in [6.07, 6.45) is 1.01. The van der Waals surface area contributed by atoms with E-state index in [0.29, 0.717) is 0 Å². The topological polar surface area (TPSA) is 193 Å². The number of esters is 3. The summed E-state index contributed by atoms with van der Waals surface area (Å²) in [4.78, 5) is 86.5. The number of nitrogens with one attached hydrogen (secondary N) is 1. The molecule has 3 heterocycles. The Morgan fingerprint density at radius 3 is 2.43 bits per heavy atom. The number of ether oxygens (including phenoxy) is 3. The van der Waals surface area contributed by atoms with Gasteiger partial charge in [0.25, 0.3) is 18.0 Å². The second-order valence-electron chi connectivity index (χ2n) is 9.74. The number of carbonyl (C=O) groups is 6. The fourth-order valence-corrected chi connectivity index (χ4v) is 4.34. The molecule has 2 aromatic heterocycles. The summed E-state index contributed by atoms with van der Waals surface area (Å²) in [6, 6.07) is 15.1. The summed E-state index contributed by atoms with van der Waals surface area (Å²) >= 11 is 6.12. The minimum atomic E-state index is -3.77. The van der Waals surface area contributed by atoms with Crippen molar-refractivity contribution in [3.8, 4) is 11.6 Å². The molecule has 0 spiro atoms. The summed E-state index contributed by atoms with van der Waals surface area (Å²) in [5.74, 6) is -7.30. The van der Waals surface area contributed by atoms with Gasteiger partial charge in [-0.25, -0.2) is 28.6 Å². The minimum Gasteiger partial charge on any atom is -0.463 e. The number of urea groups is 1. The average molecular weight is 693 g/mol. The van der Waals surface area contributed by atoms with Crippen LogP contribution in [0.1, 0.15) is 43.8 Å². The molecule has 5 rings (SSSR count). The average Bonchev–Trinajstić information content (AvgIpc) is 3.62. The minimum absolute atomic E-state index is 0.140. The van der Waals surface area contributed by atoms with Gasteiger partial charge in [0, 0.05) is 11.6 Å². The fraction of sp³-hybridized carbons (Fsp3) is 0.125. The van der Waals surface area contributed by atoms with Gasteiger partial charge in [0.2, 0.25) is 5.88 Å². The fourth-order valence-electron chi connectivity index (χ4n) is 4.20. The molecule has 0 bridgehead atoms. The first kappa shape index (κ1) is 33.9. The summed E-state index contributed by atoms with van der Waals surface area (Å²) in [6.45, 7) is 0.966. The Kier molecular flexibility index (Phi) is 10.1. The highest BCUT2D eigenvalue weighted by Crippen LogP contribution is 2.30. The Morgan fingerprint density at radius 2 is 1.71 bits per heavy atom. The molecule has 49 heavy (non-hydrogen) atoms. The molecular weight excluding hydrogens is 671 g/mol. The van der Waals surface area contributed by atoms with Gasteiger partial charge in [-0.2, -0.15) is 4.90 Å². The van der Waals surface area contributed by atoms with E-state index in [4.69, 9.17) is 35.1 Å². The van der Waals surface area contributed by atoms with Gasteiger partial charge in [0.05, 0.1) is 30.2 Å². The highest BCUT2D eigenvalue weighted by atomic mass is 35.5. The van der Waals surface area contributed by atoms with Crippen molar-refractivity contribution in [2.45, 2.75) is 18.8 Å². The molecule has 250 valence electrons. The number of amides is 4. The lowest BCUT2D eigenvalue weighted by atomic mass is 9.99. The molecule has 2 aromatic carbocycles. The van der Waals surface area contributed by atoms with E-state index in [9.17, 15) is 28.8 Å². The Hall–Kier alpha value is -6.42. The molecular formula is C32H22ClFN4O11. The number of halogens is 2. The number of hydrogen-bond acceptors (Lipinski definition) is 13. The molecule has 1 aliphatic heterocycles. The highest BCUT2D eigenvalue weighted by molar-refractivity contribution is 6.32. The Labute approximate surface area is 280 Å². The van der Waals surface area contributed by atoms with Crippen LogP contribution in [-0.2, 0) is 19.2 Å². The van der Waals surface area contributed by atoms with Gasteiger partial charge >= 0.3 is 29.6 Å². The summed E-state index contributed by atoms with van der Waals surface area (Å²) in [5.41, 5.74) is -4.28. The lowest BCUT2D eigenvalue weighted by Crippen LogP contribution is -2.72. The standard InChI is InChI=1S/C32H22ClFN4O11/c1-2-45-30(43)32(34)28(49-36-16-21-12-7-13-46-21)37-31(44)38(29(32)42)25(39)19-10-6-11-20(14-19)27(41)47-23-15-24(35-17-22(23)33)48-26(40)18-8-4-3-5-9-18/h3-17,28H,2H2,1H3,(H,37,44). The Bertz CT molecular complexity index is 1960. The van der Waals surface area contributed by atoms with Crippen LogP contribution in [0.2, 0.25) is 5.02 Å². The van der Waals surface area contributed by atoms with Crippen LogP contribution >= 0.6 is 11.6 Å². The maximum atomic E-state index is 16.3. The molecule has 4 amide bonds. The lowest BCUT2D eigenvalue weighted by molar-refractivity contribution is -0.183. The number of imide groups is 3. The van der Waals surface area contributed by atoms with Crippen LogP contribution in [0.4, 0.5) is 9.18 Å². The summed E-state index contributed by atoms with van der Waals surface area (Å²) in [5, 5.41) is 5.23. The van der Waals surface area contributed by atoms with Gasteiger partial charge < -0.3 is 23.5 Å². The number of hydrogen-bond donors (Lipinski definition) is 1. The Morgan fingerprint density at radius 1 is 1.00 bits per heavy atom. The first-order valence-electron chi connectivity index (χ1n) is 14.1. The molecule has 15 nitrogen and oxygen atoms in total. The maximum absolute atomic E-state index is 16.3. The van der Waals surface area contributed by atoms with Crippen molar-refractivity contribution in [3.05, 3.63) is 113 Å². The van der Waals surface area contributed by atoms with E-state index in [-0.39, 0.29) is 45.0 Å². The number of oxime groups is 1. The zero-order valence-corrected chi connectivity index (χ0v) is 25.8. The van der Waals surface area contributed by atoms with Crippen LogP contribution in [-0.4, -0.2) is 70.4 Å². The van der Waals surface area contributed by atoms with Gasteiger partial charge in [-0.1, -0.05) is 41.0 Å². The molecule has 0 aliphatic carbocycles. The van der Waals surface area contributed by atoms with Crippen LogP contribution in [0.5, 0.6) is 11.6 Å². The third-order valence-corrected chi connectivity index (χ3v) is 6.83. The third-order valence-electron chi connectivity index (χ3n) is 6.55. The molecule has 17 heteroatoms. The summed E-state index contributed by atoms with van der Waals surface area (Å²) in [7, 11) is 0. The van der Waals surface area contributed by atoms with Crippen molar-refractivity contribution in [2.75, 3.05) is 6.61 Å². The number of benzene rings is 2. The first-order valence-corrected chi connectivity index (χ1v) is 14.4. The van der Waals surface area contributed by atoms with Gasteiger partial charge in [0.15, 0.2) is 5.75 Å². The number of rotatable bonds is 10. The van der Waals surface area contributed by atoms with E-state index >= 15 is 4.39 Å². The maximum Gasteiger partial charge on any atom is 0.360 e. The molecule has 0 saturated carbocycles. The zero-order chi connectivity index (χ0) is 35.1. The molecule has 4 aromatic rings. The van der Waals surface area contributed by atoms with Gasteiger partial charge in [0.1, 0.15) is 17.0 Å². The smallest absolute Gasteiger partial charge is 0.360 e. The molecule has 0 radical (unpaired) electrons. The molecule has 2 unspecified atom stereocenters. The van der Waals surface area contributed by atoms with Crippen molar-refractivity contribution in [2.24, 2.45) is 5.16 Å². The van der Waals surface area contributed by atoms with Gasteiger partial charge in [-0.15, -0.1) is 0 Å². The van der Waals surface area contributed by atoms with E-state index < -0.39 is 53.2 Å². The van der Waals surface area contributed by atoms with E-state index in [1.165, 1.54) is 49.6 Å². The lowest BCUT2D eigenvalue weighted by Gasteiger charge is -2.37. The second kappa shape index (κ2) is 14.6. The van der Waals surface area contributed by atoms with E-state index in [1.807, 2.05) is 5.32 Å². The van der Waals surface area contributed by atoms with E-state index in [0.717, 1.165) is 30.6 Å². The molecule has 1 saturated heterocycles. The monoisotopic (exact) mass is 692 g/mol. The van der Waals surface area contributed by atoms with Gasteiger partial charge in [-0.05, 0) is 49.4 Å². The number of furan rings is 1. The third kappa shape index (κ3) is 7.28. The number of pyridine rings is 1. The predicted molar refractivity (Wildman–Crippen MR) is 163 cm³/mol. The molecule has 1 N–H and O–H groups in total. The predicted octanol–water partition coefficient (Wildman–Crippen LogP) is 4.11. The largest absolute Gasteiger partial charge is 0.463 e. The SMILES string of the molecule is CCOC(=O)C1(F)C(=O)N(C(=O)c2cccc(C(=O)Oc3cc(OC(=O)c4ccccc4)ncc3Cl)c2)C(=O)NC1ON=Cc1ccco1. The summed E-state index contributed by atoms with van der Waals surface area (Å²) < 4.78 is 36.5. The van der Waals surface area contributed by atoms with Crippen LogP contribution in [0.3, 0.4) is 0 Å². The number of nitrogens with zero attached hydrogens (tertiary/aromatic N) is 3. The molecule has 1 fully saturated rings. The quantitative estimate of drug-likeness (QED) is 0.0823. The van der Waals surface area contributed by atoms with Crippen molar-refractivity contribution < 1.29 is 56.6 Å². The van der Waals surface area contributed by atoms with Crippen LogP contribution < -0.4 is 14.8 Å². The normalized spacial score (nSPS) is 17.3. The van der Waals surface area contributed by atoms with Crippen molar-refractivity contribution in [1.29, 1.82) is 0 Å². The highest BCUT2D eigenvalue weighted by Gasteiger charge is 2.65. The zero-order valence-electron chi connectivity index (χ0n) is 25.0. The first-order chi connectivity index (χ1) is 23.5. The van der Waals surface area contributed by atoms with Crippen molar-refractivity contribution in [3.63, 3.8) is 0 Å². The van der Waals surface area contributed by atoms with Crippen molar-refractivity contribution in [1.82, 2.24) is 15.2 Å². The van der Waals surface area contributed by atoms with Crippen LogP contribution in [0.25, 0.3) is 0 Å². The van der Waals surface area contributed by atoms with Crippen LogP contribution in [0.15, 0.2) is 94.8 Å². The van der Waals surface area contributed by atoms with Gasteiger partial charge in [-0.3, -0.25) is 14.9 Å². The van der Waals surface area contributed by atoms with E-state index in [1.54, 1.807) is 18.2 Å².